The second-order valence-corrected chi connectivity index (χ2v) is 17.6. The second kappa shape index (κ2) is 39.9. The van der Waals surface area contributed by atoms with Gasteiger partial charge >= 0.3 is 19.8 Å². The summed E-state index contributed by atoms with van der Waals surface area (Å²) in [4.78, 5) is 35.7. The van der Waals surface area contributed by atoms with Gasteiger partial charge in [0, 0.05) is 12.8 Å². The summed E-state index contributed by atoms with van der Waals surface area (Å²) < 4.78 is 33.5. The van der Waals surface area contributed by atoms with E-state index in [4.69, 9.17) is 18.5 Å². The lowest BCUT2D eigenvalue weighted by Crippen LogP contribution is -2.64. The van der Waals surface area contributed by atoms with E-state index in [9.17, 15) is 44.6 Å². The zero-order chi connectivity index (χ0) is 47.8. The van der Waals surface area contributed by atoms with E-state index in [0.29, 0.717) is 19.3 Å². The van der Waals surface area contributed by atoms with Crippen molar-refractivity contribution in [3.8, 4) is 0 Å². The summed E-state index contributed by atoms with van der Waals surface area (Å²) in [6.45, 7) is 3.08. The zero-order valence-electron chi connectivity index (χ0n) is 39.2. The van der Waals surface area contributed by atoms with Crippen LogP contribution in [0.1, 0.15) is 155 Å². The zero-order valence-corrected chi connectivity index (χ0v) is 40.1. The molecule has 6 unspecified atom stereocenters. The molecule has 1 saturated carbocycles. The van der Waals surface area contributed by atoms with E-state index in [1.54, 1.807) is 0 Å². The summed E-state index contributed by atoms with van der Waals surface area (Å²) >= 11 is 0. The van der Waals surface area contributed by atoms with Crippen LogP contribution in [0.2, 0.25) is 0 Å². The Morgan fingerprint density at radius 1 is 0.492 bits per heavy atom. The predicted octanol–water partition coefficient (Wildman–Crippen LogP) is 9.83. The van der Waals surface area contributed by atoms with E-state index in [0.717, 1.165) is 89.9 Å². The Morgan fingerprint density at radius 3 is 1.40 bits per heavy atom. The summed E-state index contributed by atoms with van der Waals surface area (Å²) in [6.07, 6.45) is 40.4. The van der Waals surface area contributed by atoms with E-state index in [2.05, 4.69) is 92.8 Å². The van der Waals surface area contributed by atoms with Crippen LogP contribution in [0.4, 0.5) is 0 Å². The van der Waals surface area contributed by atoms with Crippen LogP contribution in [0.15, 0.2) is 97.2 Å². The predicted molar refractivity (Wildman–Crippen MR) is 258 cm³/mol. The molecular formula is C51H83O13P. The lowest BCUT2D eigenvalue weighted by atomic mass is 9.85. The number of ether oxygens (including phenoxy) is 2. The van der Waals surface area contributed by atoms with Crippen molar-refractivity contribution in [2.75, 3.05) is 13.2 Å². The van der Waals surface area contributed by atoms with Crippen LogP contribution in [0.3, 0.4) is 0 Å². The van der Waals surface area contributed by atoms with Crippen LogP contribution < -0.4 is 0 Å². The number of carbonyl (C=O) groups excluding carboxylic acids is 2. The summed E-state index contributed by atoms with van der Waals surface area (Å²) in [7, 11) is -5.15. The van der Waals surface area contributed by atoms with Crippen molar-refractivity contribution in [1.82, 2.24) is 0 Å². The third-order valence-corrected chi connectivity index (χ3v) is 11.4. The molecule has 0 radical (unpaired) electrons. The van der Waals surface area contributed by atoms with Crippen LogP contribution in [0, 0.1) is 0 Å². The Bertz CT molecular complexity index is 1500. The van der Waals surface area contributed by atoms with Crippen LogP contribution in [0.5, 0.6) is 0 Å². The molecule has 370 valence electrons. The van der Waals surface area contributed by atoms with Crippen LogP contribution in [0.25, 0.3) is 0 Å². The molecule has 13 nitrogen and oxygen atoms in total. The third kappa shape index (κ3) is 32.2. The SMILES string of the molecule is CC/C=C\C/C=C\C/C=C\C/C=C\C/C=C\C/C=C\CCC(=O)O[C@H](COC(=O)CCCCCCCCC/C=C\C/C=C\CCCCC)COP(=O)(O)OC1C(O)C(O)C(O)[C@@H](O)C1O. The van der Waals surface area contributed by atoms with Gasteiger partial charge in [-0.2, -0.15) is 0 Å². The van der Waals surface area contributed by atoms with Crippen molar-refractivity contribution in [2.45, 2.75) is 198 Å². The number of unbranched alkanes of at least 4 members (excludes halogenated alkanes) is 10. The Morgan fingerprint density at radius 2 is 0.908 bits per heavy atom. The maximum absolute atomic E-state index is 12.8. The fourth-order valence-electron chi connectivity index (χ4n) is 6.58. The van der Waals surface area contributed by atoms with Crippen LogP contribution >= 0.6 is 7.82 Å². The molecule has 0 heterocycles. The first-order chi connectivity index (χ1) is 31.4. The number of hydrogen-bond acceptors (Lipinski definition) is 12. The molecule has 1 rings (SSSR count). The molecule has 0 saturated heterocycles. The Hall–Kier alpha value is -3.23. The van der Waals surface area contributed by atoms with Gasteiger partial charge < -0.3 is 39.9 Å². The van der Waals surface area contributed by atoms with Gasteiger partial charge in [-0.05, 0) is 83.5 Å². The molecule has 0 aromatic rings. The smallest absolute Gasteiger partial charge is 0.462 e. The minimum Gasteiger partial charge on any atom is -0.462 e. The van der Waals surface area contributed by atoms with E-state index < -0.39 is 75.7 Å². The lowest BCUT2D eigenvalue weighted by Gasteiger charge is -2.41. The van der Waals surface area contributed by atoms with E-state index >= 15 is 0 Å². The molecule has 8 atom stereocenters. The number of aliphatic hydroxyl groups excluding tert-OH is 5. The van der Waals surface area contributed by atoms with Gasteiger partial charge in [-0.15, -0.1) is 0 Å². The average molecular weight is 935 g/mol. The summed E-state index contributed by atoms with van der Waals surface area (Å²) in [5.41, 5.74) is 0. The molecule has 1 fully saturated rings. The fraction of sp³-hybridized carbons (Fsp3) is 0.647. The first kappa shape index (κ1) is 59.8. The fourth-order valence-corrected chi connectivity index (χ4v) is 7.55. The normalized spacial score (nSPS) is 22.3. The van der Waals surface area contributed by atoms with E-state index in [1.807, 2.05) is 18.2 Å². The summed E-state index contributed by atoms with van der Waals surface area (Å²) in [6, 6.07) is 0. The summed E-state index contributed by atoms with van der Waals surface area (Å²) in [5.74, 6) is -1.22. The minimum atomic E-state index is -5.15. The Kier molecular flexibility index (Phi) is 36.7. The molecule has 0 aliphatic heterocycles. The van der Waals surface area contributed by atoms with Gasteiger partial charge in [0.15, 0.2) is 6.10 Å². The second-order valence-electron chi connectivity index (χ2n) is 16.2. The minimum absolute atomic E-state index is 0.0357. The van der Waals surface area contributed by atoms with E-state index in [1.165, 1.54) is 19.3 Å². The molecule has 65 heavy (non-hydrogen) atoms. The van der Waals surface area contributed by atoms with Gasteiger partial charge in [0.2, 0.25) is 0 Å². The molecule has 0 aromatic heterocycles. The topological polar surface area (TPSA) is 210 Å². The van der Waals surface area contributed by atoms with Gasteiger partial charge in [0.25, 0.3) is 0 Å². The van der Waals surface area contributed by atoms with Crippen LogP contribution in [-0.4, -0.2) is 98.3 Å². The molecule has 0 aromatic carbocycles. The average Bonchev–Trinajstić information content (AvgIpc) is 3.29. The van der Waals surface area contributed by atoms with Crippen LogP contribution in [-0.2, 0) is 32.7 Å². The summed E-state index contributed by atoms with van der Waals surface area (Å²) in [5, 5.41) is 50.2. The van der Waals surface area contributed by atoms with Gasteiger partial charge in [-0.25, -0.2) is 4.57 Å². The van der Waals surface area contributed by atoms with Crippen molar-refractivity contribution < 1.29 is 63.1 Å². The van der Waals surface area contributed by atoms with Gasteiger partial charge in [0.1, 0.15) is 43.2 Å². The molecule has 1 aliphatic rings. The number of rotatable bonds is 38. The van der Waals surface area contributed by atoms with Crippen molar-refractivity contribution in [3.05, 3.63) is 97.2 Å². The molecule has 0 bridgehead atoms. The molecule has 6 N–H and O–H groups in total. The molecule has 0 amide bonds. The number of hydrogen-bond donors (Lipinski definition) is 6. The lowest BCUT2D eigenvalue weighted by molar-refractivity contribution is -0.220. The maximum atomic E-state index is 12.8. The largest absolute Gasteiger partial charge is 0.472 e. The number of aliphatic hydroxyl groups is 5. The maximum Gasteiger partial charge on any atom is 0.472 e. The first-order valence-corrected chi connectivity index (χ1v) is 25.5. The number of phosphoric ester groups is 1. The molecule has 14 heteroatoms. The van der Waals surface area contributed by atoms with Crippen molar-refractivity contribution in [2.24, 2.45) is 0 Å². The van der Waals surface area contributed by atoms with Crippen molar-refractivity contribution in [3.63, 3.8) is 0 Å². The number of esters is 2. The standard InChI is InChI=1S/C51H83O13P/c1-3-5-7-9-11-13-15-17-19-21-22-24-26-28-30-32-34-36-38-40-45(53)63-43(42-62-65(59,60)64-51-49(57)47(55)46(54)48(56)50(51)58)41-61-44(52)39-37-35-33-31-29-27-25-23-20-18-16-14-12-10-8-6-4-2/h5,7,11-14,17-20,22,24,28,30,34,36,43,46-51,54-58H,3-4,6,8-10,15-16,21,23,25-27,29,31-33,35,37-42H2,1-2H3,(H,59,60)/b7-5-,13-11-,14-12-,19-17-,20-18-,24-22-,30-28-,36-34-/t43-,46?,47-,48?,49?,50?,51?/m1/s1. The molecular weight excluding hydrogens is 852 g/mol. The number of carbonyl (C=O) groups is 2. The Balaban J connectivity index is 2.51. The number of phosphoric acid groups is 1. The molecule has 1 aliphatic carbocycles. The number of allylic oxidation sites excluding steroid dienone is 16. The monoisotopic (exact) mass is 935 g/mol. The van der Waals surface area contributed by atoms with E-state index in [-0.39, 0.29) is 12.8 Å². The van der Waals surface area contributed by atoms with Gasteiger partial charge in [-0.3, -0.25) is 18.6 Å². The third-order valence-electron chi connectivity index (χ3n) is 10.4. The molecule has 0 spiro atoms. The highest BCUT2D eigenvalue weighted by Crippen LogP contribution is 2.47. The highest BCUT2D eigenvalue weighted by Gasteiger charge is 2.51. The first-order valence-electron chi connectivity index (χ1n) is 24.0. The van der Waals surface area contributed by atoms with Gasteiger partial charge in [-0.1, -0.05) is 156 Å². The Labute approximate surface area is 390 Å². The highest BCUT2D eigenvalue weighted by molar-refractivity contribution is 7.47. The highest BCUT2D eigenvalue weighted by atomic mass is 31.2. The van der Waals surface area contributed by atoms with Crippen molar-refractivity contribution >= 4 is 19.8 Å². The van der Waals surface area contributed by atoms with Crippen molar-refractivity contribution in [1.29, 1.82) is 0 Å². The van der Waals surface area contributed by atoms with Gasteiger partial charge in [0.05, 0.1) is 6.61 Å². The quantitative estimate of drug-likeness (QED) is 0.0148.